The number of guanidine groups is 1. The van der Waals surface area contributed by atoms with Crippen LogP contribution in [0.3, 0.4) is 0 Å². The van der Waals surface area contributed by atoms with Gasteiger partial charge in [0, 0.05) is 26.8 Å². The number of benzene rings is 1. The number of hydrogen-bond acceptors (Lipinski definition) is 3. The number of rotatable bonds is 10. The average Bonchev–Trinajstić information content (AvgIpc) is 2.53. The SMILES string of the molecule is CCNC(=NCc1ccc(F)cc1)NCCCOCCOC. The van der Waals surface area contributed by atoms with Crippen molar-refractivity contribution >= 4 is 5.96 Å². The van der Waals surface area contributed by atoms with Crippen LogP contribution in [0.5, 0.6) is 0 Å². The van der Waals surface area contributed by atoms with Crippen LogP contribution in [0.25, 0.3) is 0 Å². The Morgan fingerprint density at radius 2 is 1.91 bits per heavy atom. The maximum Gasteiger partial charge on any atom is 0.191 e. The summed E-state index contributed by atoms with van der Waals surface area (Å²) < 4.78 is 23.1. The molecule has 1 aromatic rings. The molecule has 0 aliphatic rings. The summed E-state index contributed by atoms with van der Waals surface area (Å²) in [6, 6.07) is 6.38. The second-order valence-electron chi connectivity index (χ2n) is 4.71. The zero-order chi connectivity index (χ0) is 16.0. The van der Waals surface area contributed by atoms with Gasteiger partial charge in [-0.15, -0.1) is 0 Å². The Kier molecular flexibility index (Phi) is 9.98. The molecule has 0 radical (unpaired) electrons. The van der Waals surface area contributed by atoms with Gasteiger partial charge in [0.1, 0.15) is 5.82 Å². The van der Waals surface area contributed by atoms with Gasteiger partial charge in [-0.3, -0.25) is 0 Å². The molecule has 0 aromatic heterocycles. The topological polar surface area (TPSA) is 54.9 Å². The van der Waals surface area contributed by atoms with E-state index in [-0.39, 0.29) is 5.82 Å². The lowest BCUT2D eigenvalue weighted by atomic mass is 10.2. The number of hydrogen-bond donors (Lipinski definition) is 2. The third-order valence-electron chi connectivity index (χ3n) is 2.87. The number of halogens is 1. The summed E-state index contributed by atoms with van der Waals surface area (Å²) in [7, 11) is 1.66. The van der Waals surface area contributed by atoms with E-state index in [1.54, 1.807) is 19.2 Å². The fourth-order valence-electron chi connectivity index (χ4n) is 1.73. The molecule has 1 rings (SSSR count). The number of nitrogens with zero attached hydrogens (tertiary/aromatic N) is 1. The predicted octanol–water partition coefficient (Wildman–Crippen LogP) is 1.93. The van der Waals surface area contributed by atoms with E-state index in [1.807, 2.05) is 6.92 Å². The van der Waals surface area contributed by atoms with E-state index in [1.165, 1.54) is 12.1 Å². The predicted molar refractivity (Wildman–Crippen MR) is 86.5 cm³/mol. The van der Waals surface area contributed by atoms with E-state index in [2.05, 4.69) is 15.6 Å². The molecule has 0 aliphatic heterocycles. The highest BCUT2D eigenvalue weighted by atomic mass is 19.1. The highest BCUT2D eigenvalue weighted by molar-refractivity contribution is 5.79. The van der Waals surface area contributed by atoms with Gasteiger partial charge < -0.3 is 20.1 Å². The molecule has 0 bridgehead atoms. The van der Waals surface area contributed by atoms with Crippen LogP contribution in [-0.4, -0.2) is 46.0 Å². The molecule has 5 nitrogen and oxygen atoms in total. The van der Waals surface area contributed by atoms with Gasteiger partial charge in [0.2, 0.25) is 0 Å². The van der Waals surface area contributed by atoms with Crippen LogP contribution in [0.1, 0.15) is 18.9 Å². The van der Waals surface area contributed by atoms with Crippen LogP contribution in [0.4, 0.5) is 4.39 Å². The van der Waals surface area contributed by atoms with E-state index in [4.69, 9.17) is 9.47 Å². The molecule has 0 unspecified atom stereocenters. The summed E-state index contributed by atoms with van der Waals surface area (Å²) in [4.78, 5) is 4.47. The molecule has 0 fully saturated rings. The monoisotopic (exact) mass is 311 g/mol. The molecule has 0 atom stereocenters. The molecule has 22 heavy (non-hydrogen) atoms. The van der Waals surface area contributed by atoms with Gasteiger partial charge in [-0.25, -0.2) is 9.38 Å². The van der Waals surface area contributed by atoms with Crippen molar-refractivity contribution in [3.8, 4) is 0 Å². The normalized spacial score (nSPS) is 11.5. The second-order valence-corrected chi connectivity index (χ2v) is 4.71. The number of nitrogens with one attached hydrogen (secondary N) is 2. The zero-order valence-corrected chi connectivity index (χ0v) is 13.4. The summed E-state index contributed by atoms with van der Waals surface area (Å²) >= 11 is 0. The van der Waals surface area contributed by atoms with Crippen LogP contribution in [0, 0.1) is 5.82 Å². The first kappa shape index (κ1) is 18.4. The van der Waals surface area contributed by atoms with Crippen molar-refractivity contribution in [2.24, 2.45) is 4.99 Å². The fraction of sp³-hybridized carbons (Fsp3) is 0.562. The molecular weight excluding hydrogens is 285 g/mol. The van der Waals surface area contributed by atoms with Crippen molar-refractivity contribution in [2.45, 2.75) is 19.9 Å². The zero-order valence-electron chi connectivity index (χ0n) is 13.4. The number of ether oxygens (including phenoxy) is 2. The van der Waals surface area contributed by atoms with Crippen molar-refractivity contribution < 1.29 is 13.9 Å². The smallest absolute Gasteiger partial charge is 0.191 e. The minimum absolute atomic E-state index is 0.230. The molecule has 0 spiro atoms. The minimum atomic E-state index is -0.230. The first-order valence-electron chi connectivity index (χ1n) is 7.59. The second kappa shape index (κ2) is 11.9. The third kappa shape index (κ3) is 8.59. The molecule has 0 aliphatic carbocycles. The summed E-state index contributed by atoms with van der Waals surface area (Å²) in [5, 5.41) is 6.43. The van der Waals surface area contributed by atoms with Gasteiger partial charge >= 0.3 is 0 Å². The molecule has 0 amide bonds. The Balaban J connectivity index is 2.28. The highest BCUT2D eigenvalue weighted by Gasteiger charge is 1.98. The summed E-state index contributed by atoms with van der Waals surface area (Å²) in [5.74, 6) is 0.523. The van der Waals surface area contributed by atoms with Gasteiger partial charge in [0.15, 0.2) is 5.96 Å². The molecule has 0 saturated carbocycles. The Hall–Kier alpha value is -1.66. The van der Waals surface area contributed by atoms with Crippen LogP contribution in [0.2, 0.25) is 0 Å². The highest BCUT2D eigenvalue weighted by Crippen LogP contribution is 2.03. The van der Waals surface area contributed by atoms with Gasteiger partial charge in [-0.2, -0.15) is 0 Å². The Morgan fingerprint density at radius 1 is 1.14 bits per heavy atom. The van der Waals surface area contributed by atoms with Crippen LogP contribution in [0.15, 0.2) is 29.3 Å². The Labute approximate surface area is 131 Å². The largest absolute Gasteiger partial charge is 0.382 e. The van der Waals surface area contributed by atoms with E-state index in [0.717, 1.165) is 31.0 Å². The average molecular weight is 311 g/mol. The van der Waals surface area contributed by atoms with Crippen molar-refractivity contribution in [1.29, 1.82) is 0 Å². The van der Waals surface area contributed by atoms with Crippen LogP contribution < -0.4 is 10.6 Å². The van der Waals surface area contributed by atoms with Crippen molar-refractivity contribution in [3.05, 3.63) is 35.6 Å². The molecule has 124 valence electrons. The van der Waals surface area contributed by atoms with Crippen LogP contribution >= 0.6 is 0 Å². The molecule has 2 N–H and O–H groups in total. The fourth-order valence-corrected chi connectivity index (χ4v) is 1.73. The molecule has 1 aromatic carbocycles. The van der Waals surface area contributed by atoms with Gasteiger partial charge in [-0.1, -0.05) is 12.1 Å². The van der Waals surface area contributed by atoms with Gasteiger partial charge in [0.25, 0.3) is 0 Å². The maximum atomic E-state index is 12.8. The van der Waals surface area contributed by atoms with Crippen molar-refractivity contribution in [2.75, 3.05) is 40.0 Å². The summed E-state index contributed by atoms with van der Waals surface area (Å²) in [5.41, 5.74) is 0.974. The molecule has 0 heterocycles. The van der Waals surface area contributed by atoms with E-state index in [0.29, 0.717) is 26.4 Å². The summed E-state index contributed by atoms with van der Waals surface area (Å²) in [6.45, 7) is 6.03. The lowest BCUT2D eigenvalue weighted by Gasteiger charge is -2.11. The lowest BCUT2D eigenvalue weighted by Crippen LogP contribution is -2.38. The molecule has 0 saturated heterocycles. The van der Waals surface area contributed by atoms with E-state index in [9.17, 15) is 4.39 Å². The van der Waals surface area contributed by atoms with Crippen LogP contribution in [-0.2, 0) is 16.0 Å². The maximum absolute atomic E-state index is 12.8. The molecule has 6 heteroatoms. The standard InChI is InChI=1S/C16H26FN3O2/c1-3-18-16(19-9-4-10-22-12-11-21-2)20-13-14-5-7-15(17)8-6-14/h5-8H,3-4,9-13H2,1-2H3,(H2,18,19,20). The minimum Gasteiger partial charge on any atom is -0.382 e. The molecular formula is C16H26FN3O2. The Morgan fingerprint density at radius 3 is 2.59 bits per heavy atom. The van der Waals surface area contributed by atoms with E-state index < -0.39 is 0 Å². The number of aliphatic imine (C=N–C) groups is 1. The number of methoxy groups -OCH3 is 1. The first-order chi connectivity index (χ1) is 10.8. The summed E-state index contributed by atoms with van der Waals surface area (Å²) in [6.07, 6.45) is 0.894. The quantitative estimate of drug-likeness (QED) is 0.394. The van der Waals surface area contributed by atoms with E-state index >= 15 is 0 Å². The lowest BCUT2D eigenvalue weighted by molar-refractivity contribution is 0.0698. The van der Waals surface area contributed by atoms with Crippen molar-refractivity contribution in [3.63, 3.8) is 0 Å². The third-order valence-corrected chi connectivity index (χ3v) is 2.87. The van der Waals surface area contributed by atoms with Crippen molar-refractivity contribution in [1.82, 2.24) is 10.6 Å². The Bertz CT molecular complexity index is 424. The first-order valence-corrected chi connectivity index (χ1v) is 7.59. The van der Waals surface area contributed by atoms with Gasteiger partial charge in [-0.05, 0) is 31.0 Å². The van der Waals surface area contributed by atoms with Gasteiger partial charge in [0.05, 0.1) is 19.8 Å².